The van der Waals surface area contributed by atoms with Crippen molar-refractivity contribution in [2.75, 3.05) is 12.3 Å². The molecule has 1 aromatic carbocycles. The number of nitro benzene ring substituents is 1. The highest BCUT2D eigenvalue weighted by molar-refractivity contribution is 9.10. The predicted molar refractivity (Wildman–Crippen MR) is 63.4 cm³/mol. The fraction of sp³-hybridized carbons (Fsp3) is 0.400. The van der Waals surface area contributed by atoms with E-state index in [4.69, 9.17) is 10.5 Å². The lowest BCUT2D eigenvalue weighted by Gasteiger charge is -2.10. The summed E-state index contributed by atoms with van der Waals surface area (Å²) in [6, 6.07) is 2.94. The standard InChI is InChI=1S/C10H11BrN2O3/c11-7-3-4-8(13(14)15)9(12)10(7)16-5-6-1-2-6/h3-4,6H,1-2,5,12H2. The lowest BCUT2D eigenvalue weighted by Crippen LogP contribution is -2.04. The topological polar surface area (TPSA) is 78.4 Å². The Morgan fingerprint density at radius 1 is 1.56 bits per heavy atom. The average Bonchev–Trinajstić information content (AvgIpc) is 3.00. The second-order valence-corrected chi connectivity index (χ2v) is 4.68. The molecule has 86 valence electrons. The van der Waals surface area contributed by atoms with Gasteiger partial charge in [-0.25, -0.2) is 0 Å². The maximum absolute atomic E-state index is 10.7. The summed E-state index contributed by atoms with van der Waals surface area (Å²) in [6.07, 6.45) is 2.32. The molecule has 1 aliphatic rings. The van der Waals surface area contributed by atoms with Crippen LogP contribution in [-0.4, -0.2) is 11.5 Å². The van der Waals surface area contributed by atoms with Crippen LogP contribution in [0.1, 0.15) is 12.8 Å². The minimum atomic E-state index is -0.508. The van der Waals surface area contributed by atoms with E-state index in [2.05, 4.69) is 15.9 Å². The van der Waals surface area contributed by atoms with Crippen LogP contribution in [0.4, 0.5) is 11.4 Å². The summed E-state index contributed by atoms with van der Waals surface area (Å²) in [5.74, 6) is 0.951. The Hall–Kier alpha value is -1.30. The van der Waals surface area contributed by atoms with E-state index in [1.807, 2.05) is 0 Å². The highest BCUT2D eigenvalue weighted by atomic mass is 79.9. The van der Waals surface area contributed by atoms with E-state index in [1.54, 1.807) is 6.07 Å². The molecule has 1 aromatic rings. The van der Waals surface area contributed by atoms with Gasteiger partial charge in [0.1, 0.15) is 0 Å². The van der Waals surface area contributed by atoms with E-state index in [1.165, 1.54) is 6.07 Å². The molecule has 0 heterocycles. The summed E-state index contributed by atoms with van der Waals surface area (Å²) >= 11 is 3.27. The van der Waals surface area contributed by atoms with Crippen LogP contribution < -0.4 is 10.5 Å². The first-order valence-corrected chi connectivity index (χ1v) is 5.74. The Bertz CT molecular complexity index is 432. The Morgan fingerprint density at radius 2 is 2.25 bits per heavy atom. The summed E-state index contributed by atoms with van der Waals surface area (Å²) in [5, 5.41) is 10.7. The van der Waals surface area contributed by atoms with Gasteiger partial charge in [0.15, 0.2) is 11.4 Å². The number of nitrogens with zero attached hydrogens (tertiary/aromatic N) is 1. The number of nitrogen functional groups attached to an aromatic ring is 1. The summed E-state index contributed by atoms with van der Waals surface area (Å²) in [4.78, 5) is 10.2. The van der Waals surface area contributed by atoms with Crippen LogP contribution >= 0.6 is 15.9 Å². The molecule has 2 N–H and O–H groups in total. The Morgan fingerprint density at radius 3 is 2.81 bits per heavy atom. The maximum atomic E-state index is 10.7. The first kappa shape index (κ1) is 11.2. The van der Waals surface area contributed by atoms with Crippen LogP contribution in [0.3, 0.4) is 0 Å². The number of hydrogen-bond acceptors (Lipinski definition) is 4. The third kappa shape index (κ3) is 2.27. The highest BCUT2D eigenvalue weighted by Gasteiger charge is 2.24. The van der Waals surface area contributed by atoms with Crippen LogP contribution in [0.25, 0.3) is 0 Å². The molecule has 0 radical (unpaired) electrons. The second kappa shape index (κ2) is 4.29. The van der Waals surface area contributed by atoms with Crippen molar-refractivity contribution >= 4 is 27.3 Å². The van der Waals surface area contributed by atoms with Crippen molar-refractivity contribution in [2.45, 2.75) is 12.8 Å². The molecule has 1 saturated carbocycles. The molecule has 2 rings (SSSR count). The van der Waals surface area contributed by atoms with Gasteiger partial charge >= 0.3 is 0 Å². The summed E-state index contributed by atoms with van der Waals surface area (Å²) in [6.45, 7) is 0.573. The normalized spacial score (nSPS) is 14.8. The van der Waals surface area contributed by atoms with Gasteiger partial charge in [-0.3, -0.25) is 10.1 Å². The van der Waals surface area contributed by atoms with E-state index in [9.17, 15) is 10.1 Å². The molecular weight excluding hydrogens is 276 g/mol. The Kier molecular flexibility index (Phi) is 3.00. The SMILES string of the molecule is Nc1c([N+](=O)[O-])ccc(Br)c1OCC1CC1. The van der Waals surface area contributed by atoms with Crippen molar-refractivity contribution in [3.8, 4) is 5.75 Å². The zero-order valence-corrected chi connectivity index (χ0v) is 10.1. The maximum Gasteiger partial charge on any atom is 0.296 e. The van der Waals surface area contributed by atoms with Gasteiger partial charge in [0.25, 0.3) is 5.69 Å². The van der Waals surface area contributed by atoms with E-state index in [-0.39, 0.29) is 11.4 Å². The van der Waals surface area contributed by atoms with Gasteiger partial charge in [0.2, 0.25) is 0 Å². The smallest absolute Gasteiger partial charge is 0.296 e. The van der Waals surface area contributed by atoms with Crippen LogP contribution in [-0.2, 0) is 0 Å². The number of nitrogens with two attached hydrogens (primary N) is 1. The molecule has 0 amide bonds. The van der Waals surface area contributed by atoms with E-state index >= 15 is 0 Å². The molecule has 0 aromatic heterocycles. The van der Waals surface area contributed by atoms with E-state index in [0.29, 0.717) is 22.7 Å². The molecule has 1 fully saturated rings. The second-order valence-electron chi connectivity index (χ2n) is 3.82. The van der Waals surface area contributed by atoms with Gasteiger partial charge < -0.3 is 10.5 Å². The van der Waals surface area contributed by atoms with Gasteiger partial charge in [0, 0.05) is 6.07 Å². The molecule has 6 heteroatoms. The number of anilines is 1. The first-order chi connectivity index (χ1) is 7.59. The van der Waals surface area contributed by atoms with E-state index < -0.39 is 4.92 Å². The zero-order chi connectivity index (χ0) is 11.7. The lowest BCUT2D eigenvalue weighted by molar-refractivity contribution is -0.384. The molecule has 0 bridgehead atoms. The fourth-order valence-corrected chi connectivity index (χ4v) is 1.81. The summed E-state index contributed by atoms with van der Waals surface area (Å²) in [5.41, 5.74) is 5.66. The number of nitro groups is 1. The third-order valence-electron chi connectivity index (χ3n) is 2.48. The number of rotatable bonds is 4. The van der Waals surface area contributed by atoms with E-state index in [0.717, 1.165) is 12.8 Å². The van der Waals surface area contributed by atoms with Crippen molar-refractivity contribution in [2.24, 2.45) is 5.92 Å². The van der Waals surface area contributed by atoms with Gasteiger partial charge in [-0.2, -0.15) is 0 Å². The van der Waals surface area contributed by atoms with Crippen molar-refractivity contribution in [1.82, 2.24) is 0 Å². The van der Waals surface area contributed by atoms with Crippen molar-refractivity contribution in [1.29, 1.82) is 0 Å². The van der Waals surface area contributed by atoms with Gasteiger partial charge in [0.05, 0.1) is 16.0 Å². The third-order valence-corrected chi connectivity index (χ3v) is 3.11. The van der Waals surface area contributed by atoms with Crippen molar-refractivity contribution < 1.29 is 9.66 Å². The molecule has 5 nitrogen and oxygen atoms in total. The lowest BCUT2D eigenvalue weighted by atomic mass is 10.2. The van der Waals surface area contributed by atoms with Gasteiger partial charge in [-0.1, -0.05) is 0 Å². The van der Waals surface area contributed by atoms with Crippen LogP contribution in [0, 0.1) is 16.0 Å². The predicted octanol–water partition coefficient (Wildman–Crippen LogP) is 2.73. The van der Waals surface area contributed by atoms with Crippen LogP contribution in [0.2, 0.25) is 0 Å². The molecule has 0 aliphatic heterocycles. The molecule has 0 saturated heterocycles. The molecule has 0 unspecified atom stereocenters. The van der Waals surface area contributed by atoms with Gasteiger partial charge in [-0.15, -0.1) is 0 Å². The fourth-order valence-electron chi connectivity index (χ4n) is 1.35. The van der Waals surface area contributed by atoms with Crippen LogP contribution in [0.15, 0.2) is 16.6 Å². The summed E-state index contributed by atoms with van der Waals surface area (Å²) < 4.78 is 6.16. The van der Waals surface area contributed by atoms with Crippen molar-refractivity contribution in [3.63, 3.8) is 0 Å². The van der Waals surface area contributed by atoms with Gasteiger partial charge in [-0.05, 0) is 40.8 Å². The Balaban J connectivity index is 2.25. The van der Waals surface area contributed by atoms with Crippen molar-refractivity contribution in [3.05, 3.63) is 26.7 Å². The molecule has 16 heavy (non-hydrogen) atoms. The first-order valence-electron chi connectivity index (χ1n) is 4.94. The zero-order valence-electron chi connectivity index (χ0n) is 8.48. The minimum absolute atomic E-state index is 0.0834. The number of hydrogen-bond donors (Lipinski definition) is 1. The minimum Gasteiger partial charge on any atom is -0.490 e. The molecule has 1 aliphatic carbocycles. The summed E-state index contributed by atoms with van der Waals surface area (Å²) in [7, 11) is 0. The molecule has 0 atom stereocenters. The number of ether oxygens (including phenoxy) is 1. The molecular formula is C10H11BrN2O3. The monoisotopic (exact) mass is 286 g/mol. The quantitative estimate of drug-likeness (QED) is 0.524. The number of halogens is 1. The largest absolute Gasteiger partial charge is 0.490 e. The van der Waals surface area contributed by atoms with Crippen LogP contribution in [0.5, 0.6) is 5.75 Å². The highest BCUT2D eigenvalue weighted by Crippen LogP contribution is 2.39. The average molecular weight is 287 g/mol. The number of benzene rings is 1. The molecule has 0 spiro atoms. The Labute approximate surface area is 101 Å².